The van der Waals surface area contributed by atoms with Gasteiger partial charge in [-0.1, -0.05) is 158 Å². The number of fused-ring (bicyclic) bond motifs is 4. The Morgan fingerprint density at radius 3 is 1.20 bits per heavy atom. The second-order valence-electron chi connectivity index (χ2n) is 37.0. The molecule has 5 aromatic carbocycles. The summed E-state index contributed by atoms with van der Waals surface area (Å²) in [6.07, 6.45) is 18.2. The number of amides is 4. The van der Waals surface area contributed by atoms with Crippen LogP contribution in [0.3, 0.4) is 0 Å². The van der Waals surface area contributed by atoms with Crippen molar-refractivity contribution in [1.29, 1.82) is 0 Å². The summed E-state index contributed by atoms with van der Waals surface area (Å²) in [6, 6.07) is 54.8. The minimum atomic E-state index is -0.976. The molecule has 4 amide bonds. The fraction of sp³-hybridized carbons (Fsp3) is 0.248. The molecule has 13 aromatic heterocycles. The number of halogens is 8. The molecule has 25 nitrogen and oxygen atoms in total. The SMILES string of the molecule is CC(C)Oc1nc2c(cc1O)c(C(=O)NCc1ccc(F)c(F)c1)c(C(C)C)n2Cc1ccccc1.CC(C)c1c(C(=O)NCc2ccc(F)c(F)c2)c2ncc(-c3ccccn3)cc2n1Cc1ccccn1.CC(C)c1c(C(=O)NCc2ccc(F)c(F)c2)c2ncc(NC3CCCC3)cc2n1Cc1ccccn1.CC(C)c1c(C(=O)NCc2ccc(F)c(F)c2)c2ncc(Oc3nccs3)cc2n1Cc1ccccn1. The molecular weight excluding hydrogens is 1910 g/mol. The highest BCUT2D eigenvalue weighted by Crippen LogP contribution is 2.41. The maximum atomic E-state index is 13.7. The van der Waals surface area contributed by atoms with Gasteiger partial charge < -0.3 is 59.4 Å². The predicted molar refractivity (Wildman–Crippen MR) is 550 cm³/mol. The van der Waals surface area contributed by atoms with Crippen LogP contribution in [-0.2, 0) is 52.4 Å². The Kier molecular flexibility index (Phi) is 33.1. The van der Waals surface area contributed by atoms with Gasteiger partial charge in [-0.25, -0.2) is 45.1 Å². The Balaban J connectivity index is 0.000000140. The van der Waals surface area contributed by atoms with E-state index in [2.05, 4.69) is 76.7 Å². The van der Waals surface area contributed by atoms with E-state index in [4.69, 9.17) is 19.4 Å². The van der Waals surface area contributed by atoms with Gasteiger partial charge in [0.2, 0.25) is 0 Å². The number of aromatic nitrogens is 13. The average molecular weight is 2010 g/mol. The summed E-state index contributed by atoms with van der Waals surface area (Å²) >= 11 is 1.36. The third-order valence-electron chi connectivity index (χ3n) is 24.6. The number of hydrogen-bond acceptors (Lipinski definition) is 18. The average Bonchev–Trinajstić information content (AvgIpc) is 1.60. The molecule has 1 aliphatic rings. The summed E-state index contributed by atoms with van der Waals surface area (Å²) in [5.74, 6) is -8.64. The van der Waals surface area contributed by atoms with Gasteiger partial charge in [0.25, 0.3) is 34.7 Å². The first-order valence-corrected chi connectivity index (χ1v) is 49.1. The number of nitrogens with one attached hydrogen (secondary N) is 5. The van der Waals surface area contributed by atoms with E-state index < -0.39 is 52.4 Å². The van der Waals surface area contributed by atoms with E-state index in [9.17, 15) is 59.4 Å². The van der Waals surface area contributed by atoms with E-state index in [1.165, 1.54) is 54.5 Å². The van der Waals surface area contributed by atoms with Crippen LogP contribution < -0.4 is 36.1 Å². The lowest BCUT2D eigenvalue weighted by molar-refractivity contribution is 0.0942. The van der Waals surface area contributed by atoms with Crippen molar-refractivity contribution >= 4 is 84.8 Å². The standard InChI is InChI=1S/C29H25F2N5O.C29H31F2N5O.C28H29F2N3O3.C27H23F2N5O2S/c1-18(2)28-26(29(37)35-15-19-9-10-22(30)23(31)13-19)27-25(36(28)17-21-7-3-5-11-32-21)14-20(16-34-27)24-8-4-6-12-33-24;1-18(2)28-26(29(37)34-15-19-10-11-23(30)24(31)13-19)27-25(36(28)17-21-9-5-6-12-32-21)14-22(16-33-27)35-20-7-3-4-8-20;1-16(2)25-24(27(35)31-14-19-10-11-21(29)22(30)12-19)20-13-23(34)28(36-17(3)4)32-26(20)33(25)15-18-8-6-5-7-9-18;1-16(2)25-23(26(35)33-13-17-6-7-20(28)21(29)11-17)24-22(34(25)15-18-5-3-4-8-30-18)12-19(14-32-24)36-27-31-9-10-37-27/h3-14,16,18H,15,17H2,1-2H3,(H,35,37);5-6,9-14,16,18,20,35H,3-4,7-8,15,17H2,1-2H3,(H,34,37);5-13,16-17,34H,14-15H2,1-4H3,(H,31,35);3-12,14,16H,13,15H2,1-2H3,(H,33,35). The first-order chi connectivity index (χ1) is 70.9. The minimum absolute atomic E-state index is 0.00683. The molecule has 754 valence electrons. The van der Waals surface area contributed by atoms with E-state index in [0.29, 0.717) is 121 Å². The lowest BCUT2D eigenvalue weighted by Gasteiger charge is -2.16. The lowest BCUT2D eigenvalue weighted by atomic mass is 10.0. The van der Waals surface area contributed by atoms with Gasteiger partial charge in [-0.05, 0) is 193 Å². The molecule has 0 spiro atoms. The zero-order valence-corrected chi connectivity index (χ0v) is 83.2. The van der Waals surface area contributed by atoms with Crippen molar-refractivity contribution in [3.63, 3.8) is 0 Å². The van der Waals surface area contributed by atoms with Crippen LogP contribution in [0.1, 0.15) is 228 Å². The number of pyridine rings is 8. The summed E-state index contributed by atoms with van der Waals surface area (Å²) < 4.78 is 128. The Labute approximate surface area is 847 Å². The van der Waals surface area contributed by atoms with E-state index in [1.54, 1.807) is 49.6 Å². The first-order valence-electron chi connectivity index (χ1n) is 48.2. The van der Waals surface area contributed by atoms with Crippen LogP contribution in [0, 0.1) is 46.5 Å². The second kappa shape index (κ2) is 47.0. The van der Waals surface area contributed by atoms with Crippen molar-refractivity contribution in [2.45, 2.75) is 183 Å². The molecule has 0 radical (unpaired) electrons. The summed E-state index contributed by atoms with van der Waals surface area (Å²) in [7, 11) is 0. The Bertz CT molecular complexity index is 7740. The molecule has 34 heteroatoms. The monoisotopic (exact) mass is 2010 g/mol. The van der Waals surface area contributed by atoms with Crippen molar-refractivity contribution in [3.05, 3.63) is 392 Å². The predicted octanol–water partition coefficient (Wildman–Crippen LogP) is 24.0. The number of benzene rings is 5. The van der Waals surface area contributed by atoms with Crippen molar-refractivity contribution in [2.24, 2.45) is 0 Å². The molecule has 0 unspecified atom stereocenters. The highest BCUT2D eigenvalue weighted by molar-refractivity contribution is 7.11. The third kappa shape index (κ3) is 24.7. The molecule has 18 aromatic rings. The summed E-state index contributed by atoms with van der Waals surface area (Å²) in [6.45, 7) is 21.8. The van der Waals surface area contributed by atoms with Gasteiger partial charge in [-0.15, -0.1) is 0 Å². The van der Waals surface area contributed by atoms with E-state index in [1.807, 2.05) is 199 Å². The number of rotatable bonds is 31. The van der Waals surface area contributed by atoms with Crippen LogP contribution in [0.5, 0.6) is 22.6 Å². The first kappa shape index (κ1) is 103. The number of ether oxygens (including phenoxy) is 2. The maximum Gasteiger partial charge on any atom is 0.278 e. The number of thiazole rings is 1. The molecule has 13 heterocycles. The number of carbonyl (C=O) groups is 4. The molecule has 1 aliphatic carbocycles. The van der Waals surface area contributed by atoms with Crippen LogP contribution in [0.25, 0.3) is 55.4 Å². The third-order valence-corrected chi connectivity index (χ3v) is 25.3. The molecule has 19 rings (SSSR count). The van der Waals surface area contributed by atoms with Gasteiger partial charge in [0.15, 0.2) is 58.0 Å². The molecule has 1 fully saturated rings. The Hall–Kier alpha value is -16.4. The van der Waals surface area contributed by atoms with Crippen molar-refractivity contribution in [3.8, 4) is 33.8 Å². The van der Waals surface area contributed by atoms with Gasteiger partial charge in [-0.3, -0.25) is 49.1 Å². The number of hydrogen-bond donors (Lipinski definition) is 6. The van der Waals surface area contributed by atoms with Gasteiger partial charge >= 0.3 is 0 Å². The molecule has 1 saturated carbocycles. The molecule has 0 atom stereocenters. The van der Waals surface area contributed by atoms with Gasteiger partial charge in [0.1, 0.15) is 22.2 Å². The van der Waals surface area contributed by atoms with Crippen LogP contribution in [0.4, 0.5) is 40.8 Å². The Morgan fingerprint density at radius 2 is 0.796 bits per heavy atom. The van der Waals surface area contributed by atoms with Gasteiger partial charge in [-0.2, -0.15) is 4.98 Å². The van der Waals surface area contributed by atoms with E-state index >= 15 is 0 Å². The molecule has 0 bridgehead atoms. The molecule has 0 saturated heterocycles. The Morgan fingerprint density at radius 1 is 0.395 bits per heavy atom. The fourth-order valence-electron chi connectivity index (χ4n) is 18.1. The smallest absolute Gasteiger partial charge is 0.278 e. The van der Waals surface area contributed by atoms with Crippen molar-refractivity contribution in [2.75, 3.05) is 5.32 Å². The fourth-order valence-corrected chi connectivity index (χ4v) is 18.6. The number of carbonyl (C=O) groups excluding carboxylic acids is 4. The van der Waals surface area contributed by atoms with Crippen molar-refractivity contribution in [1.82, 2.24) is 84.4 Å². The number of anilines is 1. The largest absolute Gasteiger partial charge is 0.503 e. The highest BCUT2D eigenvalue weighted by Gasteiger charge is 2.34. The molecule has 147 heavy (non-hydrogen) atoms. The molecule has 6 N–H and O–H groups in total. The second-order valence-corrected chi connectivity index (χ2v) is 37.8. The summed E-state index contributed by atoms with van der Waals surface area (Å²) in [5.41, 5.74) is 17.4. The highest BCUT2D eigenvalue weighted by atomic mass is 32.1. The van der Waals surface area contributed by atoms with Gasteiger partial charge in [0.05, 0.1) is 105 Å². The van der Waals surface area contributed by atoms with Gasteiger partial charge in [0, 0.05) is 121 Å². The van der Waals surface area contributed by atoms with Crippen molar-refractivity contribution < 1.29 is 68.9 Å². The summed E-state index contributed by atoms with van der Waals surface area (Å²) in [5, 5.41) is 28.4. The normalized spacial score (nSPS) is 12.0. The number of aromatic hydroxyl groups is 1. The maximum absolute atomic E-state index is 13.7. The minimum Gasteiger partial charge on any atom is -0.503 e. The van der Waals surface area contributed by atoms with E-state index in [-0.39, 0.29) is 85.3 Å². The summed E-state index contributed by atoms with van der Waals surface area (Å²) in [4.78, 5) is 95.0. The zero-order valence-electron chi connectivity index (χ0n) is 82.3. The van der Waals surface area contributed by atoms with E-state index in [0.717, 1.165) is 135 Å². The van der Waals surface area contributed by atoms with Crippen LogP contribution >= 0.6 is 11.3 Å². The quantitative estimate of drug-likeness (QED) is 0.0220. The zero-order chi connectivity index (χ0) is 104. The topological polar surface area (TPSA) is 303 Å². The number of nitrogens with zero attached hydrogens (tertiary/aromatic N) is 13. The van der Waals surface area contributed by atoms with Crippen LogP contribution in [-0.4, -0.2) is 104 Å². The lowest BCUT2D eigenvalue weighted by Crippen LogP contribution is -2.24. The molecular formula is C113H108F8N18O7S. The van der Waals surface area contributed by atoms with Crippen LogP contribution in [0.2, 0.25) is 0 Å². The molecule has 0 aliphatic heterocycles. The van der Waals surface area contributed by atoms with Crippen LogP contribution in [0.15, 0.2) is 255 Å².